The maximum absolute atomic E-state index is 13.8. The molecule has 228 valence electrons. The summed E-state index contributed by atoms with van der Waals surface area (Å²) < 4.78 is 51.1. The van der Waals surface area contributed by atoms with Gasteiger partial charge in [0, 0.05) is 31.1 Å². The van der Waals surface area contributed by atoms with Crippen molar-refractivity contribution in [2.45, 2.75) is 49.5 Å². The van der Waals surface area contributed by atoms with Crippen LogP contribution < -0.4 is 14.5 Å². The van der Waals surface area contributed by atoms with Crippen LogP contribution in [0.3, 0.4) is 0 Å². The summed E-state index contributed by atoms with van der Waals surface area (Å²) in [5, 5.41) is 11.9. The van der Waals surface area contributed by atoms with Crippen molar-refractivity contribution >= 4 is 28.8 Å². The van der Waals surface area contributed by atoms with Crippen LogP contribution in [0.4, 0.5) is 20.3 Å². The molecular weight excluding hydrogens is 584 g/mol. The van der Waals surface area contributed by atoms with E-state index in [0.29, 0.717) is 56.0 Å². The topological polar surface area (TPSA) is 119 Å². The summed E-state index contributed by atoms with van der Waals surface area (Å²) in [6.45, 7) is 5.65. The highest BCUT2D eigenvalue weighted by Crippen LogP contribution is 2.41. The molecule has 1 N–H and O–H groups in total. The Hall–Kier alpha value is -3.46. The van der Waals surface area contributed by atoms with Gasteiger partial charge in [0.25, 0.3) is 6.43 Å². The molecule has 3 aromatic rings. The molecule has 43 heavy (non-hydrogen) atoms. The van der Waals surface area contributed by atoms with Crippen molar-refractivity contribution < 1.29 is 37.6 Å². The van der Waals surface area contributed by atoms with Gasteiger partial charge in [-0.05, 0) is 30.0 Å². The van der Waals surface area contributed by atoms with Crippen molar-refractivity contribution in [1.29, 1.82) is 0 Å². The number of anilines is 2. The Labute approximate surface area is 250 Å². The van der Waals surface area contributed by atoms with Crippen LogP contribution in [0, 0.1) is 0 Å². The van der Waals surface area contributed by atoms with E-state index in [1.807, 2.05) is 5.38 Å². The monoisotopic (exact) mass is 615 g/mol. The second-order valence-corrected chi connectivity index (χ2v) is 12.3. The third-order valence-corrected chi connectivity index (χ3v) is 9.63. The van der Waals surface area contributed by atoms with E-state index in [0.717, 1.165) is 11.3 Å². The summed E-state index contributed by atoms with van der Waals surface area (Å²) in [6, 6.07) is 6.17. The van der Waals surface area contributed by atoms with Gasteiger partial charge in [-0.25, -0.2) is 28.5 Å². The number of carboxylic acid groups (broad SMARTS) is 1. The Morgan fingerprint density at radius 3 is 2.70 bits per heavy atom. The molecule has 0 unspecified atom stereocenters. The summed E-state index contributed by atoms with van der Waals surface area (Å²) in [7, 11) is 0. The van der Waals surface area contributed by atoms with Crippen LogP contribution >= 0.6 is 11.3 Å². The van der Waals surface area contributed by atoms with Gasteiger partial charge in [-0.1, -0.05) is 6.07 Å². The molecule has 7 heterocycles. The summed E-state index contributed by atoms with van der Waals surface area (Å²) in [4.78, 5) is 29.6. The fourth-order valence-electron chi connectivity index (χ4n) is 6.08. The van der Waals surface area contributed by atoms with Crippen molar-refractivity contribution in [2.75, 3.05) is 55.9 Å². The summed E-state index contributed by atoms with van der Waals surface area (Å²) >= 11 is 1.35. The zero-order chi connectivity index (χ0) is 29.7. The average Bonchev–Trinajstić information content (AvgIpc) is 3.63. The lowest BCUT2D eigenvalue weighted by Gasteiger charge is -2.53. The van der Waals surface area contributed by atoms with E-state index in [-0.39, 0.29) is 30.7 Å². The number of alkyl halides is 2. The molecule has 0 saturated carbocycles. The Balaban J connectivity index is 1.19. The Morgan fingerprint density at radius 2 is 2.05 bits per heavy atom. The smallest absolute Gasteiger partial charge is 0.326 e. The van der Waals surface area contributed by atoms with Gasteiger partial charge in [-0.15, -0.1) is 11.3 Å². The molecule has 7 rings (SSSR count). The van der Waals surface area contributed by atoms with Crippen molar-refractivity contribution in [1.82, 2.24) is 15.0 Å². The van der Waals surface area contributed by atoms with Crippen LogP contribution in [0.2, 0.25) is 0 Å². The molecule has 0 bridgehead atoms. The number of halogens is 2. The van der Waals surface area contributed by atoms with Gasteiger partial charge >= 0.3 is 5.97 Å². The number of hydrogen-bond acceptors (Lipinski definition) is 11. The van der Waals surface area contributed by atoms with Gasteiger partial charge in [0.05, 0.1) is 56.2 Å². The van der Waals surface area contributed by atoms with Crippen molar-refractivity contribution in [3.63, 3.8) is 0 Å². The van der Waals surface area contributed by atoms with E-state index in [9.17, 15) is 18.7 Å². The van der Waals surface area contributed by atoms with Crippen LogP contribution in [0.1, 0.15) is 37.1 Å². The number of carboxylic acids is 1. The predicted octanol–water partition coefficient (Wildman–Crippen LogP) is 3.76. The Bertz CT molecular complexity index is 1490. The normalized spacial score (nSPS) is 25.2. The Kier molecular flexibility index (Phi) is 7.40. The molecule has 4 aliphatic heterocycles. The molecular formula is C29H31F2N5O6S. The van der Waals surface area contributed by atoms with Gasteiger partial charge in [0.1, 0.15) is 29.3 Å². The van der Waals surface area contributed by atoms with Crippen molar-refractivity contribution in [3.05, 3.63) is 47.2 Å². The fraction of sp³-hybridized carbons (Fsp3) is 0.517. The minimum atomic E-state index is -2.91. The first-order chi connectivity index (χ1) is 20.8. The molecule has 0 aliphatic carbocycles. The molecule has 3 aromatic heterocycles. The van der Waals surface area contributed by atoms with E-state index in [4.69, 9.17) is 23.9 Å². The van der Waals surface area contributed by atoms with Crippen LogP contribution in [0.25, 0.3) is 10.6 Å². The number of ether oxygens (including phenoxy) is 4. The number of carbonyl (C=O) groups is 1. The highest BCUT2D eigenvalue weighted by molar-refractivity contribution is 7.13. The Morgan fingerprint density at radius 1 is 1.21 bits per heavy atom. The van der Waals surface area contributed by atoms with Gasteiger partial charge < -0.3 is 33.9 Å². The molecule has 4 fully saturated rings. The fourth-order valence-corrected chi connectivity index (χ4v) is 6.77. The number of rotatable bonds is 8. The summed E-state index contributed by atoms with van der Waals surface area (Å²) in [5.74, 6) is -0.989. The third kappa shape index (κ3) is 5.19. The molecule has 0 aromatic carbocycles. The molecule has 11 nitrogen and oxygen atoms in total. The lowest BCUT2D eigenvalue weighted by atomic mass is 9.89. The molecule has 14 heteroatoms. The van der Waals surface area contributed by atoms with Crippen LogP contribution in [0.15, 0.2) is 35.8 Å². The number of hydrogen-bond donors (Lipinski definition) is 1. The van der Waals surface area contributed by atoms with Gasteiger partial charge in [0.15, 0.2) is 5.82 Å². The lowest BCUT2D eigenvalue weighted by Crippen LogP contribution is -2.68. The zero-order valence-electron chi connectivity index (χ0n) is 23.4. The van der Waals surface area contributed by atoms with Gasteiger partial charge in [-0.2, -0.15) is 0 Å². The number of thiophene rings is 1. The quantitative estimate of drug-likeness (QED) is 0.399. The number of pyridine rings is 1. The molecule has 4 saturated heterocycles. The largest absolute Gasteiger partial charge is 0.480 e. The average molecular weight is 616 g/mol. The number of morpholine rings is 1. The summed E-state index contributed by atoms with van der Waals surface area (Å²) in [6.07, 6.45) is -1.60. The van der Waals surface area contributed by atoms with Crippen LogP contribution in [0.5, 0.6) is 5.88 Å². The maximum Gasteiger partial charge on any atom is 0.326 e. The van der Waals surface area contributed by atoms with Crippen molar-refractivity contribution in [3.8, 4) is 16.5 Å². The van der Waals surface area contributed by atoms with Crippen molar-refractivity contribution in [2.24, 2.45) is 0 Å². The third-order valence-electron chi connectivity index (χ3n) is 8.73. The second-order valence-electron chi connectivity index (χ2n) is 11.3. The minimum Gasteiger partial charge on any atom is -0.480 e. The second kappa shape index (κ2) is 11.2. The van der Waals surface area contributed by atoms with E-state index in [1.165, 1.54) is 16.2 Å². The highest BCUT2D eigenvalue weighted by atomic mass is 32.1. The maximum atomic E-state index is 13.8. The van der Waals surface area contributed by atoms with E-state index in [2.05, 4.69) is 27.9 Å². The van der Waals surface area contributed by atoms with Gasteiger partial charge in [0.2, 0.25) is 5.88 Å². The lowest BCUT2D eigenvalue weighted by molar-refractivity contribution is -0.228. The first-order valence-corrected chi connectivity index (χ1v) is 15.1. The zero-order valence-corrected chi connectivity index (χ0v) is 24.2. The SMILES string of the molecule is C[C@@H]1N(c2cc(C3COC3)cnc2O[C@H]2C[C@@H](C(=O)O)N(c3cc(-c4cccs4)nc(C(F)F)n3)C2)CCOC12COC2. The molecule has 0 radical (unpaired) electrons. The van der Waals surface area contributed by atoms with Gasteiger partial charge in [-0.3, -0.25) is 0 Å². The highest BCUT2D eigenvalue weighted by Gasteiger charge is 2.50. The first-order valence-electron chi connectivity index (χ1n) is 14.2. The molecule has 1 spiro atoms. The summed E-state index contributed by atoms with van der Waals surface area (Å²) in [5.41, 5.74) is 1.76. The molecule has 3 atom stereocenters. The number of nitrogens with zero attached hydrogens (tertiary/aromatic N) is 5. The first kappa shape index (κ1) is 28.3. The van der Waals surface area contributed by atoms with E-state index < -0.39 is 36.0 Å². The minimum absolute atomic E-state index is 0.0108. The standard InChI is InChI=1S/C29H31F2N5O6S/c1-16-29(14-40-15-29)41-5-4-35(16)21-7-17(18-12-39-13-18)10-32-27(21)42-19-8-22(28(37)38)36(11-19)24-9-20(23-3-2-6-43-23)33-26(34-24)25(30)31/h2-3,6-7,9-10,16,18-19,22,25H,4-5,8,11-15H2,1H3,(H,37,38)/t16-,19-,22-/m0/s1. The molecule has 4 aliphatic rings. The number of aliphatic carboxylic acids is 1. The van der Waals surface area contributed by atoms with Crippen LogP contribution in [-0.4, -0.2) is 95.9 Å². The number of aromatic nitrogens is 3. The van der Waals surface area contributed by atoms with Crippen LogP contribution in [-0.2, 0) is 19.0 Å². The van der Waals surface area contributed by atoms with E-state index in [1.54, 1.807) is 24.4 Å². The molecule has 0 amide bonds. The van der Waals surface area contributed by atoms with E-state index >= 15 is 0 Å². The predicted molar refractivity (Wildman–Crippen MR) is 152 cm³/mol.